The van der Waals surface area contributed by atoms with Gasteiger partial charge in [0.25, 0.3) is 0 Å². The average Bonchev–Trinajstić information content (AvgIpc) is 2.18. The zero-order chi connectivity index (χ0) is 10.4. The van der Waals surface area contributed by atoms with Crippen molar-refractivity contribution in [2.24, 2.45) is 0 Å². The molecular weight excluding hydrogens is 214 g/mol. The summed E-state index contributed by atoms with van der Waals surface area (Å²) in [7, 11) is 0. The van der Waals surface area contributed by atoms with E-state index in [1.54, 1.807) is 0 Å². The summed E-state index contributed by atoms with van der Waals surface area (Å²) in [5.41, 5.74) is 1.18. The second-order valence-corrected chi connectivity index (χ2v) is 4.58. The lowest BCUT2D eigenvalue weighted by Gasteiger charge is -2.14. The number of nitrogens with one attached hydrogen (secondary N) is 1. The van der Waals surface area contributed by atoms with E-state index >= 15 is 0 Å². The van der Waals surface area contributed by atoms with E-state index in [1.807, 2.05) is 30.0 Å². The zero-order valence-corrected chi connectivity index (χ0v) is 10.2. The first-order valence-electron chi connectivity index (χ1n) is 4.72. The van der Waals surface area contributed by atoms with Gasteiger partial charge in [-0.05, 0) is 24.8 Å². The summed E-state index contributed by atoms with van der Waals surface area (Å²) in [6.45, 7) is 3.16. The highest BCUT2D eigenvalue weighted by atomic mass is 35.5. The first-order chi connectivity index (χ1) is 6.75. The average molecular weight is 230 g/mol. The molecule has 78 valence electrons. The Labute approximate surface area is 95.2 Å². The van der Waals surface area contributed by atoms with Crippen LogP contribution in [0.4, 0.5) is 0 Å². The van der Waals surface area contributed by atoms with Crippen molar-refractivity contribution in [1.82, 2.24) is 5.32 Å². The van der Waals surface area contributed by atoms with Crippen LogP contribution in [0.1, 0.15) is 18.5 Å². The molecule has 0 heterocycles. The maximum atomic E-state index is 6.09. The molecule has 0 spiro atoms. The molecule has 0 saturated heterocycles. The number of rotatable bonds is 5. The highest BCUT2D eigenvalue weighted by Crippen LogP contribution is 2.21. The first-order valence-corrected chi connectivity index (χ1v) is 6.49. The lowest BCUT2D eigenvalue weighted by Crippen LogP contribution is -2.21. The molecule has 0 saturated carbocycles. The Morgan fingerprint density at radius 3 is 2.79 bits per heavy atom. The Morgan fingerprint density at radius 2 is 2.14 bits per heavy atom. The standard InChI is InChI=1S/C11H16ClNS/c1-9(13-7-8-14-2)10-5-3-4-6-11(10)12/h3-6,9,13H,7-8H2,1-2H3. The van der Waals surface area contributed by atoms with Gasteiger partial charge in [-0.2, -0.15) is 11.8 Å². The van der Waals surface area contributed by atoms with E-state index in [-0.39, 0.29) is 0 Å². The van der Waals surface area contributed by atoms with Crippen LogP contribution in [0.3, 0.4) is 0 Å². The van der Waals surface area contributed by atoms with Crippen molar-refractivity contribution >= 4 is 23.4 Å². The molecule has 0 fully saturated rings. The highest BCUT2D eigenvalue weighted by molar-refractivity contribution is 7.98. The molecule has 1 rings (SSSR count). The summed E-state index contributed by atoms with van der Waals surface area (Å²) in [6, 6.07) is 8.31. The highest BCUT2D eigenvalue weighted by Gasteiger charge is 2.06. The van der Waals surface area contributed by atoms with Gasteiger partial charge in [-0.25, -0.2) is 0 Å². The molecule has 0 aliphatic rings. The minimum atomic E-state index is 0.329. The third-order valence-corrected chi connectivity index (χ3v) is 3.09. The van der Waals surface area contributed by atoms with Crippen molar-refractivity contribution < 1.29 is 0 Å². The largest absolute Gasteiger partial charge is 0.309 e. The molecule has 0 radical (unpaired) electrons. The van der Waals surface area contributed by atoms with Gasteiger partial charge < -0.3 is 5.32 Å². The molecule has 0 aliphatic heterocycles. The Balaban J connectivity index is 2.51. The fraction of sp³-hybridized carbons (Fsp3) is 0.455. The van der Waals surface area contributed by atoms with Crippen molar-refractivity contribution in [1.29, 1.82) is 0 Å². The number of benzene rings is 1. The Bertz CT molecular complexity index is 278. The molecule has 1 N–H and O–H groups in total. The summed E-state index contributed by atoms with van der Waals surface area (Å²) in [4.78, 5) is 0. The number of thioether (sulfide) groups is 1. The van der Waals surface area contributed by atoms with Crippen LogP contribution in [0.2, 0.25) is 5.02 Å². The summed E-state index contributed by atoms with van der Waals surface area (Å²) >= 11 is 7.93. The zero-order valence-electron chi connectivity index (χ0n) is 8.59. The van der Waals surface area contributed by atoms with E-state index in [0.29, 0.717) is 6.04 Å². The lowest BCUT2D eigenvalue weighted by atomic mass is 10.1. The maximum Gasteiger partial charge on any atom is 0.0453 e. The van der Waals surface area contributed by atoms with Crippen molar-refractivity contribution in [2.45, 2.75) is 13.0 Å². The normalized spacial score (nSPS) is 12.8. The quantitative estimate of drug-likeness (QED) is 0.778. The van der Waals surface area contributed by atoms with Crippen LogP contribution >= 0.6 is 23.4 Å². The van der Waals surface area contributed by atoms with E-state index in [9.17, 15) is 0 Å². The fourth-order valence-electron chi connectivity index (χ4n) is 1.31. The number of halogens is 1. The smallest absolute Gasteiger partial charge is 0.0453 e. The van der Waals surface area contributed by atoms with E-state index < -0.39 is 0 Å². The first kappa shape index (κ1) is 11.9. The van der Waals surface area contributed by atoms with Crippen LogP contribution in [0.5, 0.6) is 0 Å². The van der Waals surface area contributed by atoms with Crippen molar-refractivity contribution in [3.8, 4) is 0 Å². The molecule has 0 amide bonds. The summed E-state index contributed by atoms with van der Waals surface area (Å²) < 4.78 is 0. The van der Waals surface area contributed by atoms with Crippen LogP contribution in [0.15, 0.2) is 24.3 Å². The van der Waals surface area contributed by atoms with Gasteiger partial charge in [-0.15, -0.1) is 0 Å². The van der Waals surface area contributed by atoms with E-state index in [2.05, 4.69) is 24.6 Å². The van der Waals surface area contributed by atoms with E-state index in [1.165, 1.54) is 5.56 Å². The minimum absolute atomic E-state index is 0.329. The van der Waals surface area contributed by atoms with Gasteiger partial charge in [0.2, 0.25) is 0 Å². The van der Waals surface area contributed by atoms with E-state index in [4.69, 9.17) is 11.6 Å². The van der Waals surface area contributed by atoms with Crippen LogP contribution in [0, 0.1) is 0 Å². The third kappa shape index (κ3) is 3.52. The maximum absolute atomic E-state index is 6.09. The van der Waals surface area contributed by atoms with Gasteiger partial charge in [0.05, 0.1) is 0 Å². The summed E-state index contributed by atoms with van der Waals surface area (Å²) in [5.74, 6) is 1.13. The summed E-state index contributed by atoms with van der Waals surface area (Å²) in [5, 5.41) is 4.28. The van der Waals surface area contributed by atoms with Gasteiger partial charge in [-0.1, -0.05) is 29.8 Å². The molecule has 1 aromatic rings. The van der Waals surface area contributed by atoms with Gasteiger partial charge in [0, 0.05) is 23.4 Å². The monoisotopic (exact) mass is 229 g/mol. The number of hydrogen-bond donors (Lipinski definition) is 1. The lowest BCUT2D eigenvalue weighted by molar-refractivity contribution is 0.601. The second-order valence-electron chi connectivity index (χ2n) is 3.19. The second kappa shape index (κ2) is 6.33. The van der Waals surface area contributed by atoms with Gasteiger partial charge in [0.15, 0.2) is 0 Å². The topological polar surface area (TPSA) is 12.0 Å². The van der Waals surface area contributed by atoms with Crippen molar-refractivity contribution in [3.05, 3.63) is 34.9 Å². The molecular formula is C11H16ClNS. The molecule has 1 atom stereocenters. The molecule has 0 aliphatic carbocycles. The molecule has 1 nitrogen and oxygen atoms in total. The SMILES string of the molecule is CSCCNC(C)c1ccccc1Cl. The molecule has 0 bridgehead atoms. The summed E-state index contributed by atoms with van der Waals surface area (Å²) in [6.07, 6.45) is 2.11. The van der Waals surface area contributed by atoms with Crippen LogP contribution in [0.25, 0.3) is 0 Å². The van der Waals surface area contributed by atoms with Crippen LogP contribution in [-0.2, 0) is 0 Å². The van der Waals surface area contributed by atoms with Crippen molar-refractivity contribution in [2.75, 3.05) is 18.6 Å². The molecule has 1 aromatic carbocycles. The molecule has 3 heteroatoms. The number of hydrogen-bond acceptors (Lipinski definition) is 2. The van der Waals surface area contributed by atoms with E-state index in [0.717, 1.165) is 17.3 Å². The fourth-order valence-corrected chi connectivity index (χ4v) is 1.94. The van der Waals surface area contributed by atoms with Crippen LogP contribution in [-0.4, -0.2) is 18.6 Å². The Morgan fingerprint density at radius 1 is 1.43 bits per heavy atom. The minimum Gasteiger partial charge on any atom is -0.309 e. The van der Waals surface area contributed by atoms with Gasteiger partial charge in [-0.3, -0.25) is 0 Å². The van der Waals surface area contributed by atoms with Crippen molar-refractivity contribution in [3.63, 3.8) is 0 Å². The molecule has 14 heavy (non-hydrogen) atoms. The van der Waals surface area contributed by atoms with Gasteiger partial charge >= 0.3 is 0 Å². The Kier molecular flexibility index (Phi) is 5.38. The predicted molar refractivity (Wildman–Crippen MR) is 66.3 cm³/mol. The Hall–Kier alpha value is -0.180. The molecule has 0 aromatic heterocycles. The predicted octanol–water partition coefficient (Wildman–Crippen LogP) is 3.35. The van der Waals surface area contributed by atoms with Crippen LogP contribution < -0.4 is 5.32 Å². The molecule has 1 unspecified atom stereocenters. The third-order valence-electron chi connectivity index (χ3n) is 2.13. The van der Waals surface area contributed by atoms with Gasteiger partial charge in [0.1, 0.15) is 0 Å².